The molecule has 1 N–H and O–H groups in total. The minimum Gasteiger partial charge on any atom is -0.365 e. The molecule has 0 aromatic carbocycles. The summed E-state index contributed by atoms with van der Waals surface area (Å²) in [5.41, 5.74) is -1.22. The topological polar surface area (TPSA) is 83.4 Å². The quantitative estimate of drug-likeness (QED) is 0.806. The van der Waals surface area contributed by atoms with Crippen LogP contribution >= 0.6 is 11.6 Å². The lowest BCUT2D eigenvalue weighted by molar-refractivity contribution is -0.137. The lowest BCUT2D eigenvalue weighted by atomic mass is 10.2. The predicted octanol–water partition coefficient (Wildman–Crippen LogP) is 2.15. The summed E-state index contributed by atoms with van der Waals surface area (Å²) in [6.45, 7) is 4.18. The number of urea groups is 1. The Hall–Kier alpha value is -2.82. The number of alkyl halides is 3. The van der Waals surface area contributed by atoms with Crippen LogP contribution in [0.4, 0.5) is 23.7 Å². The van der Waals surface area contributed by atoms with Gasteiger partial charge in [-0.3, -0.25) is 4.79 Å². The summed E-state index contributed by atoms with van der Waals surface area (Å²) in [5, 5.41) is 6.61. The van der Waals surface area contributed by atoms with Gasteiger partial charge < -0.3 is 15.1 Å². The summed E-state index contributed by atoms with van der Waals surface area (Å²) in [7, 11) is 0. The lowest BCUT2D eigenvalue weighted by Gasteiger charge is -2.36. The SMILES string of the molecule is CCNC(=O)N1CCN(c2cnn(-c3ccc(C(F)(F)F)cn3)c(=O)c2Cl)CC1. The first-order valence-corrected chi connectivity index (χ1v) is 9.19. The summed E-state index contributed by atoms with van der Waals surface area (Å²) in [6.07, 6.45) is -2.53. The third kappa shape index (κ3) is 4.44. The maximum atomic E-state index is 12.7. The van der Waals surface area contributed by atoms with Crippen LogP contribution in [0.2, 0.25) is 5.02 Å². The van der Waals surface area contributed by atoms with Crippen molar-refractivity contribution in [2.45, 2.75) is 13.1 Å². The molecule has 0 unspecified atom stereocenters. The number of pyridine rings is 1. The van der Waals surface area contributed by atoms with Crippen LogP contribution in [0.3, 0.4) is 0 Å². The number of hydrogen-bond donors (Lipinski definition) is 1. The molecule has 156 valence electrons. The molecule has 29 heavy (non-hydrogen) atoms. The van der Waals surface area contributed by atoms with Gasteiger partial charge in [0.05, 0.1) is 17.4 Å². The normalized spacial score (nSPS) is 14.8. The number of aromatic nitrogens is 3. The molecule has 1 aliphatic rings. The molecule has 2 amide bonds. The molecule has 12 heteroatoms. The predicted molar refractivity (Wildman–Crippen MR) is 100 cm³/mol. The van der Waals surface area contributed by atoms with Crippen molar-refractivity contribution >= 4 is 23.3 Å². The molecule has 2 aromatic rings. The average Bonchev–Trinajstić information content (AvgIpc) is 2.70. The molecule has 0 spiro atoms. The van der Waals surface area contributed by atoms with E-state index in [1.165, 1.54) is 6.20 Å². The Morgan fingerprint density at radius 3 is 2.45 bits per heavy atom. The lowest BCUT2D eigenvalue weighted by Crippen LogP contribution is -2.52. The van der Waals surface area contributed by atoms with Gasteiger partial charge in [0.25, 0.3) is 5.56 Å². The molecule has 1 saturated heterocycles. The summed E-state index contributed by atoms with van der Waals surface area (Å²) < 4.78 is 38.8. The highest BCUT2D eigenvalue weighted by molar-refractivity contribution is 6.33. The molecule has 0 atom stereocenters. The van der Waals surface area contributed by atoms with E-state index in [1.54, 1.807) is 4.90 Å². The highest BCUT2D eigenvalue weighted by Gasteiger charge is 2.31. The van der Waals surface area contributed by atoms with Gasteiger partial charge in [0.15, 0.2) is 5.82 Å². The van der Waals surface area contributed by atoms with Crippen molar-refractivity contribution in [3.05, 3.63) is 45.5 Å². The Balaban J connectivity index is 1.79. The van der Waals surface area contributed by atoms with E-state index in [4.69, 9.17) is 11.6 Å². The molecular weight excluding hydrogens is 413 g/mol. The molecule has 1 fully saturated rings. The zero-order valence-electron chi connectivity index (χ0n) is 15.4. The van der Waals surface area contributed by atoms with Gasteiger partial charge in [-0.1, -0.05) is 11.6 Å². The maximum Gasteiger partial charge on any atom is 0.417 e. The number of hydrogen-bond acceptors (Lipinski definition) is 5. The van der Waals surface area contributed by atoms with E-state index in [9.17, 15) is 22.8 Å². The first kappa shape index (κ1) is 20.9. The van der Waals surface area contributed by atoms with E-state index in [2.05, 4.69) is 15.4 Å². The fourth-order valence-electron chi connectivity index (χ4n) is 2.90. The Labute approximate surface area is 168 Å². The van der Waals surface area contributed by atoms with Gasteiger partial charge in [0, 0.05) is 38.9 Å². The van der Waals surface area contributed by atoms with Gasteiger partial charge in [-0.15, -0.1) is 0 Å². The van der Waals surface area contributed by atoms with Crippen LogP contribution in [0.1, 0.15) is 12.5 Å². The largest absolute Gasteiger partial charge is 0.417 e. The monoisotopic (exact) mass is 430 g/mol. The Morgan fingerprint density at radius 2 is 1.90 bits per heavy atom. The van der Waals surface area contributed by atoms with Crippen LogP contribution in [-0.4, -0.2) is 58.4 Å². The number of carbonyl (C=O) groups is 1. The zero-order chi connectivity index (χ0) is 21.2. The van der Waals surface area contributed by atoms with Gasteiger partial charge in [-0.25, -0.2) is 9.78 Å². The van der Waals surface area contributed by atoms with E-state index in [1.807, 2.05) is 11.8 Å². The molecule has 0 bridgehead atoms. The Kier molecular flexibility index (Phi) is 5.96. The van der Waals surface area contributed by atoms with E-state index in [0.717, 1.165) is 16.8 Å². The summed E-state index contributed by atoms with van der Waals surface area (Å²) in [4.78, 5) is 31.6. The van der Waals surface area contributed by atoms with Gasteiger partial charge in [-0.2, -0.15) is 23.0 Å². The van der Waals surface area contributed by atoms with Gasteiger partial charge in [0.2, 0.25) is 0 Å². The van der Waals surface area contributed by atoms with Crippen molar-refractivity contribution in [1.29, 1.82) is 0 Å². The van der Waals surface area contributed by atoms with Crippen LogP contribution in [0, 0.1) is 0 Å². The minimum atomic E-state index is -4.53. The highest BCUT2D eigenvalue weighted by Crippen LogP contribution is 2.29. The zero-order valence-corrected chi connectivity index (χ0v) is 16.2. The summed E-state index contributed by atoms with van der Waals surface area (Å²) >= 11 is 6.22. The second kappa shape index (κ2) is 8.27. The van der Waals surface area contributed by atoms with Crippen LogP contribution < -0.4 is 15.8 Å². The minimum absolute atomic E-state index is 0.0718. The smallest absolute Gasteiger partial charge is 0.365 e. The van der Waals surface area contributed by atoms with Crippen molar-refractivity contribution in [2.24, 2.45) is 0 Å². The number of carbonyl (C=O) groups excluding carboxylic acids is 1. The van der Waals surface area contributed by atoms with Gasteiger partial charge >= 0.3 is 12.2 Å². The van der Waals surface area contributed by atoms with E-state index >= 15 is 0 Å². The molecular formula is C17H18ClF3N6O2. The average molecular weight is 431 g/mol. The van der Waals surface area contributed by atoms with E-state index in [-0.39, 0.29) is 16.9 Å². The third-order valence-corrected chi connectivity index (χ3v) is 4.78. The molecule has 2 aromatic heterocycles. The van der Waals surface area contributed by atoms with Crippen molar-refractivity contribution in [3.8, 4) is 5.82 Å². The van der Waals surface area contributed by atoms with Crippen molar-refractivity contribution < 1.29 is 18.0 Å². The number of anilines is 1. The molecule has 3 rings (SSSR count). The second-order valence-corrected chi connectivity index (χ2v) is 6.65. The second-order valence-electron chi connectivity index (χ2n) is 6.27. The van der Waals surface area contributed by atoms with Crippen LogP contribution in [-0.2, 0) is 6.18 Å². The van der Waals surface area contributed by atoms with Crippen molar-refractivity contribution in [3.63, 3.8) is 0 Å². The van der Waals surface area contributed by atoms with Crippen molar-refractivity contribution in [1.82, 2.24) is 25.0 Å². The first-order valence-electron chi connectivity index (χ1n) is 8.81. The van der Waals surface area contributed by atoms with Crippen molar-refractivity contribution in [2.75, 3.05) is 37.6 Å². The molecule has 1 aliphatic heterocycles. The highest BCUT2D eigenvalue weighted by atomic mass is 35.5. The molecule has 0 aliphatic carbocycles. The third-order valence-electron chi connectivity index (χ3n) is 4.43. The van der Waals surface area contributed by atoms with Crippen LogP contribution in [0.5, 0.6) is 0 Å². The number of amides is 2. The summed E-state index contributed by atoms with van der Waals surface area (Å²) in [6, 6.07) is 1.72. The first-order chi connectivity index (χ1) is 13.7. The standard InChI is InChI=1S/C17H18ClF3N6O2/c1-2-22-16(29)26-7-5-25(6-8-26)12-10-24-27(15(28)14(12)18)13-4-3-11(9-23-13)17(19,20)21/h3-4,9-10H,2,5-8H2,1H3,(H,22,29). The fraction of sp³-hybridized carbons (Fsp3) is 0.412. The molecule has 0 radical (unpaired) electrons. The van der Waals surface area contributed by atoms with Gasteiger partial charge in [0.1, 0.15) is 5.02 Å². The Morgan fingerprint density at radius 1 is 1.21 bits per heavy atom. The van der Waals surface area contributed by atoms with E-state index in [0.29, 0.717) is 44.6 Å². The van der Waals surface area contributed by atoms with Gasteiger partial charge in [-0.05, 0) is 19.1 Å². The number of halogens is 4. The number of nitrogens with one attached hydrogen (secondary N) is 1. The number of rotatable bonds is 3. The fourth-order valence-corrected chi connectivity index (χ4v) is 3.15. The van der Waals surface area contributed by atoms with Crippen LogP contribution in [0.25, 0.3) is 5.82 Å². The van der Waals surface area contributed by atoms with Crippen LogP contribution in [0.15, 0.2) is 29.3 Å². The Bertz CT molecular complexity index is 940. The molecule has 3 heterocycles. The summed E-state index contributed by atoms with van der Waals surface area (Å²) in [5.74, 6) is -0.0718. The maximum absolute atomic E-state index is 12.7. The molecule has 0 saturated carbocycles. The molecule has 8 nitrogen and oxygen atoms in total. The van der Waals surface area contributed by atoms with E-state index < -0.39 is 17.3 Å². The number of nitrogens with zero attached hydrogens (tertiary/aromatic N) is 5. The number of piperazine rings is 1.